The Kier molecular flexibility index (Phi) is 4.56. The van der Waals surface area contributed by atoms with Crippen molar-refractivity contribution in [2.24, 2.45) is 0 Å². The van der Waals surface area contributed by atoms with Crippen molar-refractivity contribution < 1.29 is 0 Å². The van der Waals surface area contributed by atoms with Crippen LogP contribution in [0.1, 0.15) is 11.1 Å². The van der Waals surface area contributed by atoms with Gasteiger partial charge in [0.1, 0.15) is 12.1 Å². The van der Waals surface area contributed by atoms with Crippen LogP contribution < -0.4 is 5.32 Å². The van der Waals surface area contributed by atoms with Crippen LogP contribution in [0.15, 0.2) is 36.8 Å². The molecule has 2 rings (SSSR count). The van der Waals surface area contributed by atoms with Crippen molar-refractivity contribution in [3.05, 3.63) is 51.5 Å². The maximum Gasteiger partial charge on any atom is 0.143 e. The van der Waals surface area contributed by atoms with Gasteiger partial charge in [-0.05, 0) is 33.7 Å². The third-order valence-corrected chi connectivity index (χ3v) is 3.40. The highest BCUT2D eigenvalue weighted by atomic mass is 127. The molecule has 0 aliphatic rings. The Hall–Kier alpha value is -0.880. The number of alkyl halides is 1. The molecule has 1 N–H and O–H groups in total. The summed E-state index contributed by atoms with van der Waals surface area (Å²) in [4.78, 5) is 8.13. The molecule has 0 fully saturated rings. The Morgan fingerprint density at radius 2 is 1.88 bits per heavy atom. The van der Waals surface area contributed by atoms with Crippen molar-refractivity contribution >= 4 is 40.0 Å². The summed E-state index contributed by atoms with van der Waals surface area (Å²) >= 11 is 7.95. The molecular weight excluding hydrogens is 349 g/mol. The number of rotatable bonds is 4. The van der Waals surface area contributed by atoms with Crippen molar-refractivity contribution in [1.82, 2.24) is 9.97 Å². The summed E-state index contributed by atoms with van der Waals surface area (Å²) in [7, 11) is 0. The van der Waals surface area contributed by atoms with Crippen LogP contribution in [-0.2, 0) is 12.4 Å². The second-order valence-corrected chi connectivity index (χ2v) is 4.95. The summed E-state index contributed by atoms with van der Waals surface area (Å²) in [6, 6.07) is 8.21. The van der Waals surface area contributed by atoms with Crippen LogP contribution in [0.25, 0.3) is 0 Å². The first-order valence-corrected chi connectivity index (χ1v) is 6.74. The van der Waals surface area contributed by atoms with Gasteiger partial charge in [-0.2, -0.15) is 0 Å². The van der Waals surface area contributed by atoms with Gasteiger partial charge in [0.05, 0.1) is 3.57 Å². The summed E-state index contributed by atoms with van der Waals surface area (Å²) in [5.41, 5.74) is 2.33. The SMILES string of the molecule is ClCc1ccc(CNc2ncncc2I)cc1. The van der Waals surface area contributed by atoms with Gasteiger partial charge in [-0.1, -0.05) is 24.3 Å². The maximum atomic E-state index is 5.74. The quantitative estimate of drug-likeness (QED) is 0.671. The molecule has 0 saturated carbocycles. The van der Waals surface area contributed by atoms with E-state index in [1.54, 1.807) is 12.5 Å². The highest BCUT2D eigenvalue weighted by Gasteiger charge is 2.00. The van der Waals surface area contributed by atoms with E-state index in [1.807, 2.05) is 12.1 Å². The van der Waals surface area contributed by atoms with E-state index in [1.165, 1.54) is 5.56 Å². The highest BCUT2D eigenvalue weighted by Crippen LogP contribution is 2.14. The molecule has 17 heavy (non-hydrogen) atoms. The molecule has 2 aromatic rings. The summed E-state index contributed by atoms with van der Waals surface area (Å²) in [6.45, 7) is 0.746. The van der Waals surface area contributed by atoms with E-state index in [4.69, 9.17) is 11.6 Å². The van der Waals surface area contributed by atoms with Gasteiger partial charge in [0, 0.05) is 18.6 Å². The number of hydrogen-bond acceptors (Lipinski definition) is 3. The summed E-state index contributed by atoms with van der Waals surface area (Å²) in [6.07, 6.45) is 3.33. The van der Waals surface area contributed by atoms with Crippen molar-refractivity contribution in [1.29, 1.82) is 0 Å². The fraction of sp³-hybridized carbons (Fsp3) is 0.167. The van der Waals surface area contributed by atoms with Crippen LogP contribution in [0.4, 0.5) is 5.82 Å². The molecular formula is C12H11ClIN3. The van der Waals surface area contributed by atoms with Gasteiger partial charge in [-0.3, -0.25) is 0 Å². The van der Waals surface area contributed by atoms with Crippen molar-refractivity contribution in [3.63, 3.8) is 0 Å². The lowest BCUT2D eigenvalue weighted by Gasteiger charge is -2.07. The second-order valence-electron chi connectivity index (χ2n) is 3.52. The van der Waals surface area contributed by atoms with E-state index in [9.17, 15) is 0 Å². The Morgan fingerprint density at radius 1 is 1.18 bits per heavy atom. The number of nitrogens with one attached hydrogen (secondary N) is 1. The number of aromatic nitrogens is 2. The number of benzene rings is 1. The molecule has 0 bridgehead atoms. The second kappa shape index (κ2) is 6.16. The average Bonchev–Trinajstić information content (AvgIpc) is 2.38. The normalized spacial score (nSPS) is 10.2. The fourth-order valence-corrected chi connectivity index (χ4v) is 2.04. The predicted molar refractivity (Wildman–Crippen MR) is 78.1 cm³/mol. The van der Waals surface area contributed by atoms with E-state index >= 15 is 0 Å². The van der Waals surface area contributed by atoms with Gasteiger partial charge in [0.25, 0.3) is 0 Å². The van der Waals surface area contributed by atoms with E-state index < -0.39 is 0 Å². The summed E-state index contributed by atoms with van der Waals surface area (Å²) < 4.78 is 1.02. The molecule has 1 heterocycles. The molecule has 0 spiro atoms. The largest absolute Gasteiger partial charge is 0.365 e. The first-order valence-electron chi connectivity index (χ1n) is 5.13. The van der Waals surface area contributed by atoms with Gasteiger partial charge in [-0.25, -0.2) is 9.97 Å². The van der Waals surface area contributed by atoms with Crippen molar-refractivity contribution in [2.75, 3.05) is 5.32 Å². The molecule has 1 aromatic carbocycles. The number of hydrogen-bond donors (Lipinski definition) is 1. The van der Waals surface area contributed by atoms with E-state index in [2.05, 4.69) is 50.0 Å². The topological polar surface area (TPSA) is 37.8 Å². The van der Waals surface area contributed by atoms with Crippen molar-refractivity contribution in [2.45, 2.75) is 12.4 Å². The third kappa shape index (κ3) is 3.54. The Bertz CT molecular complexity index is 487. The van der Waals surface area contributed by atoms with Crippen LogP contribution >= 0.6 is 34.2 Å². The van der Waals surface area contributed by atoms with Crippen LogP contribution in [0, 0.1) is 3.57 Å². The zero-order valence-corrected chi connectivity index (χ0v) is 11.9. The third-order valence-electron chi connectivity index (χ3n) is 2.30. The Morgan fingerprint density at radius 3 is 2.53 bits per heavy atom. The molecule has 88 valence electrons. The Balaban J connectivity index is 2.00. The minimum atomic E-state index is 0.553. The molecule has 0 saturated heterocycles. The molecule has 1 aromatic heterocycles. The average molecular weight is 360 g/mol. The van der Waals surface area contributed by atoms with Crippen LogP contribution in [-0.4, -0.2) is 9.97 Å². The predicted octanol–water partition coefficient (Wildman–Crippen LogP) is 3.43. The lowest BCUT2D eigenvalue weighted by atomic mass is 10.1. The van der Waals surface area contributed by atoms with E-state index in [0.717, 1.165) is 21.5 Å². The molecule has 0 aliphatic carbocycles. The van der Waals surface area contributed by atoms with Gasteiger partial charge < -0.3 is 5.32 Å². The van der Waals surface area contributed by atoms with Crippen LogP contribution in [0.2, 0.25) is 0 Å². The van der Waals surface area contributed by atoms with Crippen LogP contribution in [0.3, 0.4) is 0 Å². The summed E-state index contributed by atoms with van der Waals surface area (Å²) in [5.74, 6) is 1.42. The molecule has 0 amide bonds. The molecule has 0 unspecified atom stereocenters. The fourth-order valence-electron chi connectivity index (χ4n) is 1.37. The minimum absolute atomic E-state index is 0.553. The minimum Gasteiger partial charge on any atom is -0.365 e. The highest BCUT2D eigenvalue weighted by molar-refractivity contribution is 14.1. The lowest BCUT2D eigenvalue weighted by Crippen LogP contribution is -2.03. The molecule has 0 radical (unpaired) electrons. The van der Waals surface area contributed by atoms with E-state index in [0.29, 0.717) is 5.88 Å². The standard InChI is InChI=1S/C12H11ClIN3/c13-5-9-1-3-10(4-2-9)6-16-12-11(14)7-15-8-17-12/h1-4,7-8H,5-6H2,(H,15,16,17). The van der Waals surface area contributed by atoms with Gasteiger partial charge in [-0.15, -0.1) is 11.6 Å². The zero-order valence-electron chi connectivity index (χ0n) is 9.03. The maximum absolute atomic E-state index is 5.74. The summed E-state index contributed by atoms with van der Waals surface area (Å²) in [5, 5.41) is 3.28. The molecule has 0 aliphatic heterocycles. The van der Waals surface area contributed by atoms with Gasteiger partial charge in [0.15, 0.2) is 0 Å². The zero-order chi connectivity index (χ0) is 12.1. The number of halogens is 2. The number of anilines is 1. The molecule has 3 nitrogen and oxygen atoms in total. The number of nitrogens with zero attached hydrogens (tertiary/aromatic N) is 2. The smallest absolute Gasteiger partial charge is 0.143 e. The van der Waals surface area contributed by atoms with Crippen LogP contribution in [0.5, 0.6) is 0 Å². The molecule has 0 atom stereocenters. The van der Waals surface area contributed by atoms with Gasteiger partial charge >= 0.3 is 0 Å². The first kappa shape index (κ1) is 12.6. The monoisotopic (exact) mass is 359 g/mol. The van der Waals surface area contributed by atoms with Gasteiger partial charge in [0.2, 0.25) is 0 Å². The lowest BCUT2D eigenvalue weighted by molar-refractivity contribution is 1.07. The Labute approximate surface area is 119 Å². The van der Waals surface area contributed by atoms with Crippen molar-refractivity contribution in [3.8, 4) is 0 Å². The van der Waals surface area contributed by atoms with E-state index in [-0.39, 0.29) is 0 Å². The molecule has 5 heteroatoms. The first-order chi connectivity index (χ1) is 8.29.